The second kappa shape index (κ2) is 16.6. The zero-order chi connectivity index (χ0) is 36.6. The van der Waals surface area contributed by atoms with Gasteiger partial charge < -0.3 is 15.0 Å². The van der Waals surface area contributed by atoms with Crippen LogP contribution < -0.4 is 14.4 Å². The van der Waals surface area contributed by atoms with Gasteiger partial charge in [-0.15, -0.1) is 0 Å². The molecule has 0 spiro atoms. The van der Waals surface area contributed by atoms with Crippen molar-refractivity contribution in [2.75, 3.05) is 18.0 Å². The summed E-state index contributed by atoms with van der Waals surface area (Å²) in [6.07, 6.45) is 0.803. The van der Waals surface area contributed by atoms with Crippen LogP contribution in [-0.2, 0) is 32.6 Å². The van der Waals surface area contributed by atoms with Crippen LogP contribution in [0, 0.1) is 24.0 Å². The highest BCUT2D eigenvalue weighted by atomic mass is 35.5. The fourth-order valence-corrected chi connectivity index (χ4v) is 7.01. The van der Waals surface area contributed by atoms with Crippen molar-refractivity contribution in [1.29, 1.82) is 0 Å². The molecule has 0 aromatic heterocycles. The molecule has 2 atom stereocenters. The Kier molecular flexibility index (Phi) is 12.6. The van der Waals surface area contributed by atoms with Crippen LogP contribution in [0.1, 0.15) is 42.5 Å². The number of methoxy groups -OCH3 is 1. The monoisotopic (exact) mass is 720 g/mol. The molecule has 0 bridgehead atoms. The van der Waals surface area contributed by atoms with Gasteiger partial charge in [-0.2, -0.15) is 0 Å². The first-order valence-electron chi connectivity index (χ1n) is 16.1. The molecular weight excluding hydrogens is 680 g/mol. The maximum atomic E-state index is 14.8. The van der Waals surface area contributed by atoms with Crippen LogP contribution >= 0.6 is 11.6 Å². The number of nitro benzene ring substituents is 1. The van der Waals surface area contributed by atoms with Gasteiger partial charge in [0.05, 0.1) is 22.6 Å². The SMILES string of the molecule is CCC(C)NC(=O)C(Cc1ccccc1)N(Cc1ccccc1C)C(=O)CN(c1cc(Cl)ccc1OC)S(=O)(=O)c1ccc(C)c([N+](=O)[O-])c1. The lowest BCUT2D eigenvalue weighted by molar-refractivity contribution is -0.385. The van der Waals surface area contributed by atoms with E-state index >= 15 is 0 Å². The van der Waals surface area contributed by atoms with Crippen molar-refractivity contribution in [2.45, 2.75) is 64.1 Å². The number of halogens is 1. The van der Waals surface area contributed by atoms with Crippen LogP contribution in [0.25, 0.3) is 0 Å². The number of nitro groups is 1. The van der Waals surface area contributed by atoms with Gasteiger partial charge in [0.2, 0.25) is 11.8 Å². The lowest BCUT2D eigenvalue weighted by Gasteiger charge is -2.35. The summed E-state index contributed by atoms with van der Waals surface area (Å²) in [5.74, 6) is -0.997. The zero-order valence-electron chi connectivity index (χ0n) is 28.6. The Hall–Kier alpha value is -4.94. The first-order chi connectivity index (χ1) is 23.8. The average molecular weight is 721 g/mol. The summed E-state index contributed by atoms with van der Waals surface area (Å²) in [6, 6.07) is 23.3. The molecule has 0 saturated heterocycles. The third kappa shape index (κ3) is 8.99. The molecule has 0 radical (unpaired) electrons. The third-order valence-corrected chi connectivity index (χ3v) is 10.5. The molecule has 0 aliphatic rings. The van der Waals surface area contributed by atoms with Crippen molar-refractivity contribution in [1.82, 2.24) is 10.2 Å². The second-order valence-corrected chi connectivity index (χ2v) is 14.3. The number of nitrogens with zero attached hydrogens (tertiary/aromatic N) is 3. The van der Waals surface area contributed by atoms with Crippen LogP contribution in [0.4, 0.5) is 11.4 Å². The molecule has 0 fully saturated rings. The van der Waals surface area contributed by atoms with Gasteiger partial charge in [-0.25, -0.2) is 8.42 Å². The fraction of sp³-hybridized carbons (Fsp3) is 0.297. The lowest BCUT2D eigenvalue weighted by atomic mass is 10.0. The van der Waals surface area contributed by atoms with Gasteiger partial charge in [0.15, 0.2) is 0 Å². The highest BCUT2D eigenvalue weighted by molar-refractivity contribution is 7.92. The number of nitrogens with one attached hydrogen (secondary N) is 1. The molecule has 11 nitrogen and oxygen atoms in total. The van der Waals surface area contributed by atoms with Crippen LogP contribution in [0.2, 0.25) is 5.02 Å². The summed E-state index contributed by atoms with van der Waals surface area (Å²) in [5.41, 5.74) is 2.24. The summed E-state index contributed by atoms with van der Waals surface area (Å²) >= 11 is 6.36. The number of hydrogen-bond acceptors (Lipinski definition) is 7. The number of carbonyl (C=O) groups is 2. The van der Waals surface area contributed by atoms with Crippen LogP contribution in [0.3, 0.4) is 0 Å². The molecule has 50 heavy (non-hydrogen) atoms. The van der Waals surface area contributed by atoms with Crippen molar-refractivity contribution in [3.8, 4) is 5.75 Å². The van der Waals surface area contributed by atoms with Crippen molar-refractivity contribution in [3.63, 3.8) is 0 Å². The van der Waals surface area contributed by atoms with Gasteiger partial charge in [-0.1, -0.05) is 79.2 Å². The summed E-state index contributed by atoms with van der Waals surface area (Å²) in [4.78, 5) is 41.0. The quantitative estimate of drug-likeness (QED) is 0.108. The summed E-state index contributed by atoms with van der Waals surface area (Å²) in [6.45, 7) is 6.40. The van der Waals surface area contributed by atoms with E-state index in [1.54, 1.807) is 0 Å². The van der Waals surface area contributed by atoms with Crippen molar-refractivity contribution in [3.05, 3.63) is 128 Å². The normalized spacial score (nSPS) is 12.4. The molecule has 1 N–H and O–H groups in total. The number of rotatable bonds is 15. The molecule has 0 aliphatic heterocycles. The Balaban J connectivity index is 1.90. The Morgan fingerprint density at radius 3 is 2.28 bits per heavy atom. The van der Waals surface area contributed by atoms with Gasteiger partial charge in [0, 0.05) is 35.7 Å². The van der Waals surface area contributed by atoms with E-state index in [9.17, 15) is 28.1 Å². The van der Waals surface area contributed by atoms with Crippen molar-refractivity contribution in [2.24, 2.45) is 0 Å². The van der Waals surface area contributed by atoms with E-state index in [0.29, 0.717) is 6.42 Å². The number of carbonyl (C=O) groups excluding carboxylic acids is 2. The Morgan fingerprint density at radius 2 is 1.64 bits per heavy atom. The lowest BCUT2D eigenvalue weighted by Crippen LogP contribution is -2.54. The minimum atomic E-state index is -4.67. The molecule has 264 valence electrons. The molecule has 2 unspecified atom stereocenters. The molecule has 0 saturated carbocycles. The van der Waals surface area contributed by atoms with Crippen LogP contribution in [0.15, 0.2) is 95.9 Å². The van der Waals surface area contributed by atoms with Crippen molar-refractivity contribution < 1.29 is 27.7 Å². The summed E-state index contributed by atoms with van der Waals surface area (Å²) < 4.78 is 35.3. The van der Waals surface area contributed by atoms with Crippen molar-refractivity contribution >= 4 is 44.8 Å². The van der Waals surface area contributed by atoms with E-state index in [1.807, 2.05) is 75.4 Å². The largest absolute Gasteiger partial charge is 0.495 e. The van der Waals surface area contributed by atoms with E-state index in [2.05, 4.69) is 5.32 Å². The molecule has 4 rings (SSSR count). The number of sulfonamides is 1. The second-order valence-electron chi connectivity index (χ2n) is 12.0. The fourth-order valence-electron chi connectivity index (χ4n) is 5.41. The predicted octanol–water partition coefficient (Wildman–Crippen LogP) is 6.62. The number of ether oxygens (including phenoxy) is 1. The third-order valence-electron chi connectivity index (χ3n) is 8.53. The summed E-state index contributed by atoms with van der Waals surface area (Å²) in [5, 5.41) is 15.0. The Bertz CT molecular complexity index is 1960. The van der Waals surface area contributed by atoms with E-state index in [1.165, 1.54) is 49.3 Å². The van der Waals surface area contributed by atoms with E-state index in [0.717, 1.165) is 27.1 Å². The number of benzene rings is 4. The van der Waals surface area contributed by atoms with E-state index in [4.69, 9.17) is 16.3 Å². The molecule has 4 aromatic rings. The van der Waals surface area contributed by atoms with Gasteiger partial charge in [-0.05, 0) is 68.1 Å². The molecule has 2 amide bonds. The first kappa shape index (κ1) is 37.9. The smallest absolute Gasteiger partial charge is 0.273 e. The standard InChI is InChI=1S/C37H41ClN4O7S/c1-6-27(4)39-37(44)34(20-28-13-8-7-9-14-28)40(23-29-15-11-10-12-25(29)2)36(43)24-41(33-21-30(38)17-19-35(33)49-5)50(47,48)31-18-16-26(3)32(22-31)42(45)46/h7-19,21-22,27,34H,6,20,23-24H2,1-5H3,(H,39,44). The average Bonchev–Trinajstić information content (AvgIpc) is 3.09. The van der Waals surface area contributed by atoms with E-state index in [-0.39, 0.29) is 41.0 Å². The summed E-state index contributed by atoms with van der Waals surface area (Å²) in [7, 11) is -3.33. The topological polar surface area (TPSA) is 139 Å². The first-order valence-corrected chi connectivity index (χ1v) is 17.9. The maximum absolute atomic E-state index is 14.8. The number of aryl methyl sites for hydroxylation is 2. The number of anilines is 1. The molecule has 13 heteroatoms. The molecular formula is C37H41ClN4O7S. The van der Waals surface area contributed by atoms with Gasteiger partial charge in [0.25, 0.3) is 15.7 Å². The van der Waals surface area contributed by atoms with Gasteiger partial charge >= 0.3 is 0 Å². The zero-order valence-corrected chi connectivity index (χ0v) is 30.2. The van der Waals surface area contributed by atoms with Crippen LogP contribution in [0.5, 0.6) is 5.75 Å². The molecule has 0 aliphatic carbocycles. The van der Waals surface area contributed by atoms with Gasteiger partial charge in [-0.3, -0.25) is 24.0 Å². The highest BCUT2D eigenvalue weighted by Gasteiger charge is 2.36. The minimum absolute atomic E-state index is 0.00644. The maximum Gasteiger partial charge on any atom is 0.273 e. The van der Waals surface area contributed by atoms with Gasteiger partial charge in [0.1, 0.15) is 18.3 Å². The number of hydrogen-bond donors (Lipinski definition) is 1. The minimum Gasteiger partial charge on any atom is -0.495 e. The molecule has 0 heterocycles. The Labute approximate surface area is 298 Å². The Morgan fingerprint density at radius 1 is 0.960 bits per heavy atom. The van der Waals surface area contributed by atoms with E-state index < -0.39 is 49.9 Å². The predicted molar refractivity (Wildman–Crippen MR) is 194 cm³/mol. The number of amides is 2. The molecule has 4 aromatic carbocycles. The van der Waals surface area contributed by atoms with Crippen LogP contribution in [-0.4, -0.2) is 55.8 Å². The highest BCUT2D eigenvalue weighted by Crippen LogP contribution is 2.36.